The van der Waals surface area contributed by atoms with Gasteiger partial charge in [0.15, 0.2) is 0 Å². The molecule has 0 bridgehead atoms. The number of halogens is 5. The lowest BCUT2D eigenvalue weighted by atomic mass is 10.1. The van der Waals surface area contributed by atoms with Crippen LogP contribution < -0.4 is 0 Å². The molecule has 0 unspecified atom stereocenters. The first-order valence-electron chi connectivity index (χ1n) is 2.49. The molecule has 0 fully saturated rings. The molecular formula is C5H6F5. The lowest BCUT2D eigenvalue weighted by Crippen LogP contribution is -2.37. The summed E-state index contributed by atoms with van der Waals surface area (Å²) >= 11 is 0. The third kappa shape index (κ3) is 2.11. The van der Waals surface area contributed by atoms with Gasteiger partial charge in [-0.05, 0) is 0 Å². The molecule has 0 amide bonds. The molecule has 0 atom stereocenters. The summed E-state index contributed by atoms with van der Waals surface area (Å²) in [5, 5.41) is 0. The molecule has 0 aliphatic heterocycles. The molecule has 0 rings (SSSR count). The summed E-state index contributed by atoms with van der Waals surface area (Å²) in [6.45, 7) is -0.423. The monoisotopic (exact) mass is 161 g/mol. The summed E-state index contributed by atoms with van der Waals surface area (Å²) < 4.78 is 58.4. The van der Waals surface area contributed by atoms with Crippen LogP contribution >= 0.6 is 0 Å². The first-order chi connectivity index (χ1) is 4.31. The Morgan fingerprint density at radius 3 is 1.70 bits per heavy atom. The minimum Gasteiger partial charge on any atom is -0.244 e. The molecule has 0 aromatic carbocycles. The molecule has 1 radical (unpaired) electrons. The fourth-order valence-electron chi connectivity index (χ4n) is 0.276. The minimum absolute atomic E-state index is 0.0521. The smallest absolute Gasteiger partial charge is 0.244 e. The lowest BCUT2D eigenvalue weighted by molar-refractivity contribution is -0.198. The maximum absolute atomic E-state index is 11.9. The van der Waals surface area contributed by atoms with Crippen molar-refractivity contribution in [1.82, 2.24) is 0 Å². The van der Waals surface area contributed by atoms with Crippen molar-refractivity contribution < 1.29 is 22.0 Å². The van der Waals surface area contributed by atoms with Crippen LogP contribution in [0.15, 0.2) is 0 Å². The van der Waals surface area contributed by atoms with Gasteiger partial charge in [-0.1, -0.05) is 0 Å². The second kappa shape index (κ2) is 2.72. The second-order valence-corrected chi connectivity index (χ2v) is 1.95. The highest BCUT2D eigenvalue weighted by atomic mass is 19.3. The van der Waals surface area contributed by atoms with E-state index in [1.165, 1.54) is 0 Å². The Morgan fingerprint density at radius 1 is 1.20 bits per heavy atom. The molecule has 0 aromatic heterocycles. The molecule has 0 saturated heterocycles. The molecule has 0 aromatic rings. The molecule has 0 saturated carbocycles. The summed E-state index contributed by atoms with van der Waals surface area (Å²) in [7, 11) is 0. The predicted octanol–water partition coefficient (Wildman–Crippen LogP) is 2.80. The summed E-state index contributed by atoms with van der Waals surface area (Å²) in [6.07, 6.45) is -1.55. The van der Waals surface area contributed by atoms with Crippen LogP contribution in [0.25, 0.3) is 0 Å². The van der Waals surface area contributed by atoms with Crippen molar-refractivity contribution in [1.29, 1.82) is 0 Å². The van der Waals surface area contributed by atoms with Crippen LogP contribution in [0.5, 0.6) is 0 Å². The van der Waals surface area contributed by atoms with E-state index in [9.17, 15) is 22.0 Å². The number of alkyl halides is 4. The Bertz CT molecular complexity index is 103. The fourth-order valence-corrected chi connectivity index (χ4v) is 0.276. The summed E-state index contributed by atoms with van der Waals surface area (Å²) in [6, 6.07) is 0. The summed E-state index contributed by atoms with van der Waals surface area (Å²) in [5.41, 5.74) is 0. The number of hydrogen-bond donors (Lipinski definition) is 0. The topological polar surface area (TPSA) is 0 Å². The standard InChI is InChI=1S/C5H6F5/c1-4(7,8)5(9,10)2-3-6/h3H,2H2,1H3. The molecule has 0 nitrogen and oxygen atoms in total. The predicted molar refractivity (Wildman–Crippen MR) is 25.6 cm³/mol. The second-order valence-electron chi connectivity index (χ2n) is 1.95. The van der Waals surface area contributed by atoms with Gasteiger partial charge in [0.25, 0.3) is 0 Å². The summed E-state index contributed by atoms with van der Waals surface area (Å²) in [5.74, 6) is -8.43. The first kappa shape index (κ1) is 9.65. The molecule has 0 N–H and O–H groups in total. The Hall–Kier alpha value is -0.350. The minimum atomic E-state index is -4.28. The van der Waals surface area contributed by atoms with Crippen LogP contribution in [-0.4, -0.2) is 11.8 Å². The zero-order valence-corrected chi connectivity index (χ0v) is 5.17. The summed E-state index contributed by atoms with van der Waals surface area (Å²) in [4.78, 5) is 0. The molecule has 10 heavy (non-hydrogen) atoms. The Labute approximate surface area is 55.0 Å². The SMILES string of the molecule is CC(F)(F)C(F)(F)C[CH]F. The van der Waals surface area contributed by atoms with Crippen molar-refractivity contribution in [3.63, 3.8) is 0 Å². The maximum atomic E-state index is 11.9. The molecule has 5 heteroatoms. The maximum Gasteiger partial charge on any atom is 0.312 e. The van der Waals surface area contributed by atoms with Crippen LogP contribution in [0.1, 0.15) is 13.3 Å². The van der Waals surface area contributed by atoms with Gasteiger partial charge in [-0.2, -0.15) is 8.78 Å². The van der Waals surface area contributed by atoms with Gasteiger partial charge >= 0.3 is 11.8 Å². The van der Waals surface area contributed by atoms with Gasteiger partial charge in [0, 0.05) is 6.92 Å². The number of hydrogen-bond acceptors (Lipinski definition) is 0. The molecule has 61 valence electrons. The average Bonchev–Trinajstić information content (AvgIpc) is 1.61. The van der Waals surface area contributed by atoms with E-state index in [0.717, 1.165) is 0 Å². The van der Waals surface area contributed by atoms with Crippen molar-refractivity contribution in [3.8, 4) is 0 Å². The van der Waals surface area contributed by atoms with E-state index in [4.69, 9.17) is 0 Å². The average molecular weight is 161 g/mol. The normalized spacial score (nSPS) is 13.8. The Balaban J connectivity index is 4.10. The fraction of sp³-hybridized carbons (Fsp3) is 0.800. The molecule has 0 spiro atoms. The van der Waals surface area contributed by atoms with Crippen LogP contribution in [0, 0.1) is 6.67 Å². The van der Waals surface area contributed by atoms with Gasteiger partial charge in [-0.3, -0.25) is 0 Å². The van der Waals surface area contributed by atoms with Crippen LogP contribution in [0.3, 0.4) is 0 Å². The first-order valence-corrected chi connectivity index (χ1v) is 2.49. The van der Waals surface area contributed by atoms with Gasteiger partial charge in [0.2, 0.25) is 0 Å². The lowest BCUT2D eigenvalue weighted by Gasteiger charge is -2.21. The highest BCUT2D eigenvalue weighted by Crippen LogP contribution is 2.36. The van der Waals surface area contributed by atoms with E-state index in [0.29, 0.717) is 0 Å². The highest BCUT2D eigenvalue weighted by Gasteiger charge is 2.51. The molecular weight excluding hydrogens is 155 g/mol. The van der Waals surface area contributed by atoms with Gasteiger partial charge in [0.1, 0.15) is 6.67 Å². The van der Waals surface area contributed by atoms with Crippen molar-refractivity contribution >= 4 is 0 Å². The largest absolute Gasteiger partial charge is 0.312 e. The third-order valence-electron chi connectivity index (χ3n) is 0.976. The molecule has 0 heterocycles. The van der Waals surface area contributed by atoms with E-state index in [-0.39, 0.29) is 6.92 Å². The zero-order chi connectivity index (χ0) is 8.41. The van der Waals surface area contributed by atoms with Crippen LogP contribution in [0.4, 0.5) is 22.0 Å². The van der Waals surface area contributed by atoms with Gasteiger partial charge < -0.3 is 0 Å². The van der Waals surface area contributed by atoms with Gasteiger partial charge in [-0.15, -0.1) is 0 Å². The van der Waals surface area contributed by atoms with Crippen LogP contribution in [0.2, 0.25) is 0 Å². The highest BCUT2D eigenvalue weighted by molar-refractivity contribution is 4.82. The third-order valence-corrected chi connectivity index (χ3v) is 0.976. The Kier molecular flexibility index (Phi) is 2.62. The zero-order valence-electron chi connectivity index (χ0n) is 5.17. The van der Waals surface area contributed by atoms with Gasteiger partial charge in [0.05, 0.1) is 6.42 Å². The van der Waals surface area contributed by atoms with Crippen molar-refractivity contribution in [2.45, 2.75) is 25.2 Å². The quantitative estimate of drug-likeness (QED) is 0.558. The van der Waals surface area contributed by atoms with E-state index >= 15 is 0 Å². The van der Waals surface area contributed by atoms with E-state index in [1.807, 2.05) is 0 Å². The van der Waals surface area contributed by atoms with Crippen molar-refractivity contribution in [3.05, 3.63) is 6.67 Å². The van der Waals surface area contributed by atoms with E-state index < -0.39 is 24.9 Å². The van der Waals surface area contributed by atoms with Crippen molar-refractivity contribution in [2.24, 2.45) is 0 Å². The number of rotatable bonds is 3. The molecule has 0 aliphatic rings. The Morgan fingerprint density at radius 2 is 1.60 bits per heavy atom. The van der Waals surface area contributed by atoms with Gasteiger partial charge in [-0.25, -0.2) is 13.2 Å². The van der Waals surface area contributed by atoms with E-state index in [1.54, 1.807) is 0 Å². The molecule has 0 aliphatic carbocycles. The van der Waals surface area contributed by atoms with Crippen LogP contribution in [-0.2, 0) is 0 Å². The van der Waals surface area contributed by atoms with E-state index in [2.05, 4.69) is 0 Å². The van der Waals surface area contributed by atoms with Crippen molar-refractivity contribution in [2.75, 3.05) is 0 Å².